The number of aryl methyl sites for hydroxylation is 1. The average Bonchev–Trinajstić information content (AvgIpc) is 2.61. The van der Waals surface area contributed by atoms with Crippen LogP contribution in [0.1, 0.15) is 29.8 Å². The second kappa shape index (κ2) is 5.73. The molecule has 2 N–H and O–H groups in total. The minimum atomic E-state index is -0.707. The minimum absolute atomic E-state index is 0.125. The first-order valence-electron chi connectivity index (χ1n) is 6.78. The summed E-state index contributed by atoms with van der Waals surface area (Å²) in [5.41, 5.74) is 1.96. The molecule has 5 nitrogen and oxygen atoms in total. The number of Topliss-reactive ketones (excluding diaryl/α,β-unsaturated/α-hetero) is 1. The highest BCUT2D eigenvalue weighted by molar-refractivity contribution is 6.52. The molecule has 5 heteroatoms. The zero-order valence-corrected chi connectivity index (χ0v) is 12.0. The van der Waals surface area contributed by atoms with Crippen molar-refractivity contribution < 1.29 is 14.7 Å². The monoisotopic (exact) mass is 276 g/mol. The summed E-state index contributed by atoms with van der Waals surface area (Å²) >= 11 is 0. The Morgan fingerprint density at radius 3 is 2.65 bits per heavy atom. The Morgan fingerprint density at radius 2 is 2.00 bits per heavy atom. The SMILES string of the molecule is Cc1ccc2c(c1)C(=O)C(=O)N2CC(O)CNC(C)C. The lowest BCUT2D eigenvalue weighted by atomic mass is 10.1. The molecule has 1 aliphatic rings. The first kappa shape index (κ1) is 14.7. The maximum atomic E-state index is 12.0. The van der Waals surface area contributed by atoms with Crippen LogP contribution in [0.25, 0.3) is 0 Å². The molecule has 0 fully saturated rings. The van der Waals surface area contributed by atoms with Gasteiger partial charge in [0.2, 0.25) is 0 Å². The van der Waals surface area contributed by atoms with Gasteiger partial charge in [0.05, 0.1) is 23.9 Å². The van der Waals surface area contributed by atoms with E-state index in [0.717, 1.165) is 5.56 Å². The van der Waals surface area contributed by atoms with Gasteiger partial charge in [0.25, 0.3) is 11.7 Å². The third kappa shape index (κ3) is 2.89. The van der Waals surface area contributed by atoms with Crippen LogP contribution in [0.4, 0.5) is 5.69 Å². The normalized spacial score (nSPS) is 15.9. The number of fused-ring (bicyclic) bond motifs is 1. The zero-order chi connectivity index (χ0) is 14.9. The van der Waals surface area contributed by atoms with Gasteiger partial charge in [-0.2, -0.15) is 0 Å². The topological polar surface area (TPSA) is 69.6 Å². The summed E-state index contributed by atoms with van der Waals surface area (Å²) in [6.07, 6.45) is -0.707. The summed E-state index contributed by atoms with van der Waals surface area (Å²) < 4.78 is 0. The van der Waals surface area contributed by atoms with Crippen molar-refractivity contribution in [2.75, 3.05) is 18.0 Å². The zero-order valence-electron chi connectivity index (χ0n) is 12.0. The van der Waals surface area contributed by atoms with E-state index in [0.29, 0.717) is 17.8 Å². The minimum Gasteiger partial charge on any atom is -0.390 e. The number of carbonyl (C=O) groups excluding carboxylic acids is 2. The number of aliphatic hydroxyl groups is 1. The molecule has 1 heterocycles. The molecular formula is C15H20N2O3. The number of amides is 1. The molecule has 0 radical (unpaired) electrons. The second-order valence-corrected chi connectivity index (χ2v) is 5.48. The molecule has 2 rings (SSSR count). The number of benzene rings is 1. The van der Waals surface area contributed by atoms with E-state index in [1.807, 2.05) is 26.8 Å². The van der Waals surface area contributed by atoms with Crippen molar-refractivity contribution in [2.45, 2.75) is 32.9 Å². The van der Waals surface area contributed by atoms with Gasteiger partial charge < -0.3 is 15.3 Å². The van der Waals surface area contributed by atoms with Crippen molar-refractivity contribution in [1.29, 1.82) is 0 Å². The quantitative estimate of drug-likeness (QED) is 0.783. The molecule has 1 atom stereocenters. The van der Waals surface area contributed by atoms with E-state index in [4.69, 9.17) is 0 Å². The van der Waals surface area contributed by atoms with Crippen LogP contribution >= 0.6 is 0 Å². The van der Waals surface area contributed by atoms with Gasteiger partial charge in [-0.15, -0.1) is 0 Å². The fourth-order valence-corrected chi connectivity index (χ4v) is 2.24. The Kier molecular flexibility index (Phi) is 4.20. The number of nitrogens with one attached hydrogen (secondary N) is 1. The molecule has 0 saturated carbocycles. The molecule has 0 aliphatic carbocycles. The number of rotatable bonds is 5. The highest BCUT2D eigenvalue weighted by Gasteiger charge is 2.36. The maximum Gasteiger partial charge on any atom is 0.299 e. The van der Waals surface area contributed by atoms with Crippen LogP contribution in [-0.4, -0.2) is 42.0 Å². The molecule has 1 amide bonds. The molecular weight excluding hydrogens is 256 g/mol. The van der Waals surface area contributed by atoms with Crippen molar-refractivity contribution >= 4 is 17.4 Å². The van der Waals surface area contributed by atoms with Crippen LogP contribution in [0.2, 0.25) is 0 Å². The van der Waals surface area contributed by atoms with E-state index < -0.39 is 17.8 Å². The number of β-amino-alcohol motifs (C(OH)–C–C–N with tert-alkyl or cyclic N) is 1. The number of aliphatic hydroxyl groups excluding tert-OH is 1. The van der Waals surface area contributed by atoms with Gasteiger partial charge in [-0.25, -0.2) is 0 Å². The largest absolute Gasteiger partial charge is 0.390 e. The lowest BCUT2D eigenvalue weighted by molar-refractivity contribution is -0.114. The molecule has 1 aliphatic heterocycles. The number of nitrogens with zero attached hydrogens (tertiary/aromatic N) is 1. The molecule has 0 aromatic heterocycles. The Labute approximate surface area is 118 Å². The van der Waals surface area contributed by atoms with Gasteiger partial charge >= 0.3 is 0 Å². The van der Waals surface area contributed by atoms with Gasteiger partial charge in [0.15, 0.2) is 0 Å². The standard InChI is InChI=1S/C15H20N2O3/c1-9(2)16-7-11(18)8-17-13-5-4-10(3)6-12(13)14(19)15(17)20/h4-6,9,11,16,18H,7-8H2,1-3H3. The van der Waals surface area contributed by atoms with E-state index in [2.05, 4.69) is 5.32 Å². The number of hydrogen-bond acceptors (Lipinski definition) is 4. The fraction of sp³-hybridized carbons (Fsp3) is 0.467. The lowest BCUT2D eigenvalue weighted by Crippen LogP contribution is -2.42. The van der Waals surface area contributed by atoms with E-state index >= 15 is 0 Å². The Hall–Kier alpha value is -1.72. The van der Waals surface area contributed by atoms with E-state index in [1.165, 1.54) is 4.90 Å². The van der Waals surface area contributed by atoms with Crippen molar-refractivity contribution in [1.82, 2.24) is 5.32 Å². The summed E-state index contributed by atoms with van der Waals surface area (Å²) in [6, 6.07) is 5.59. The third-order valence-corrected chi connectivity index (χ3v) is 3.28. The first-order valence-corrected chi connectivity index (χ1v) is 6.78. The molecule has 108 valence electrons. The number of hydrogen-bond donors (Lipinski definition) is 2. The summed E-state index contributed by atoms with van der Waals surface area (Å²) in [6.45, 7) is 6.35. The van der Waals surface area contributed by atoms with Crippen LogP contribution in [0.5, 0.6) is 0 Å². The van der Waals surface area contributed by atoms with Gasteiger partial charge in [-0.1, -0.05) is 25.5 Å². The number of carbonyl (C=O) groups is 2. The Balaban J connectivity index is 2.14. The molecule has 0 bridgehead atoms. The van der Waals surface area contributed by atoms with Crippen LogP contribution in [0, 0.1) is 6.92 Å². The van der Waals surface area contributed by atoms with Crippen molar-refractivity contribution in [3.05, 3.63) is 29.3 Å². The van der Waals surface area contributed by atoms with E-state index in [-0.39, 0.29) is 12.6 Å². The van der Waals surface area contributed by atoms with Crippen molar-refractivity contribution in [3.8, 4) is 0 Å². The highest BCUT2D eigenvalue weighted by Crippen LogP contribution is 2.29. The molecule has 1 aromatic carbocycles. The van der Waals surface area contributed by atoms with Crippen LogP contribution in [-0.2, 0) is 4.79 Å². The highest BCUT2D eigenvalue weighted by atomic mass is 16.3. The maximum absolute atomic E-state index is 12.0. The van der Waals surface area contributed by atoms with Crippen molar-refractivity contribution in [3.63, 3.8) is 0 Å². The van der Waals surface area contributed by atoms with E-state index in [1.54, 1.807) is 12.1 Å². The van der Waals surface area contributed by atoms with Crippen molar-refractivity contribution in [2.24, 2.45) is 0 Å². The molecule has 1 aromatic rings. The first-order chi connectivity index (χ1) is 9.40. The summed E-state index contributed by atoms with van der Waals surface area (Å²) in [5, 5.41) is 13.1. The molecule has 0 spiro atoms. The number of anilines is 1. The van der Waals surface area contributed by atoms with Crippen LogP contribution in [0.15, 0.2) is 18.2 Å². The van der Waals surface area contributed by atoms with Gasteiger partial charge in [0, 0.05) is 12.6 Å². The summed E-state index contributed by atoms with van der Waals surface area (Å²) in [7, 11) is 0. The molecule has 0 saturated heterocycles. The predicted molar refractivity (Wildman–Crippen MR) is 77.0 cm³/mol. The fourth-order valence-electron chi connectivity index (χ4n) is 2.24. The summed E-state index contributed by atoms with van der Waals surface area (Å²) in [5.74, 6) is -1.05. The predicted octanol–water partition coefficient (Wildman–Crippen LogP) is 0.883. The second-order valence-electron chi connectivity index (χ2n) is 5.48. The third-order valence-electron chi connectivity index (χ3n) is 3.28. The average molecular weight is 276 g/mol. The Morgan fingerprint density at radius 1 is 1.30 bits per heavy atom. The van der Waals surface area contributed by atoms with Gasteiger partial charge in [0.1, 0.15) is 0 Å². The lowest BCUT2D eigenvalue weighted by Gasteiger charge is -2.21. The molecule has 1 unspecified atom stereocenters. The molecule has 20 heavy (non-hydrogen) atoms. The van der Waals surface area contributed by atoms with Crippen LogP contribution < -0.4 is 10.2 Å². The van der Waals surface area contributed by atoms with Crippen LogP contribution in [0.3, 0.4) is 0 Å². The smallest absolute Gasteiger partial charge is 0.299 e. The van der Waals surface area contributed by atoms with Gasteiger partial charge in [-0.3, -0.25) is 9.59 Å². The number of ketones is 1. The summed E-state index contributed by atoms with van der Waals surface area (Å²) in [4.78, 5) is 25.3. The van der Waals surface area contributed by atoms with E-state index in [9.17, 15) is 14.7 Å². The Bertz CT molecular complexity index is 540. The van der Waals surface area contributed by atoms with Gasteiger partial charge in [-0.05, 0) is 19.1 Å².